The highest BCUT2D eigenvalue weighted by Gasteiger charge is 2.15. The Morgan fingerprint density at radius 3 is 2.45 bits per heavy atom. The van der Waals surface area contributed by atoms with Gasteiger partial charge in [-0.05, 0) is 30.3 Å². The fourth-order valence-corrected chi connectivity index (χ4v) is 1.81. The lowest BCUT2D eigenvalue weighted by atomic mass is 10.1. The van der Waals surface area contributed by atoms with Crippen LogP contribution in [0, 0.1) is 11.6 Å². The van der Waals surface area contributed by atoms with Crippen molar-refractivity contribution in [3.05, 3.63) is 59.7 Å². The zero-order chi connectivity index (χ0) is 14.7. The minimum atomic E-state index is -0.980. The minimum Gasteiger partial charge on any atom is -0.399 e. The summed E-state index contributed by atoms with van der Waals surface area (Å²) in [6.45, 7) is 0. The summed E-state index contributed by atoms with van der Waals surface area (Å²) in [5.74, 6) is -2.27. The van der Waals surface area contributed by atoms with Crippen molar-refractivity contribution >= 4 is 17.3 Å². The number of nitrogen functional groups attached to an aromatic ring is 1. The Bertz CT molecular complexity index is 626. The van der Waals surface area contributed by atoms with Crippen molar-refractivity contribution < 1.29 is 13.6 Å². The van der Waals surface area contributed by atoms with E-state index in [-0.39, 0.29) is 17.9 Å². The van der Waals surface area contributed by atoms with Gasteiger partial charge in [0.2, 0.25) is 5.91 Å². The second kappa shape index (κ2) is 5.69. The van der Waals surface area contributed by atoms with E-state index in [1.165, 1.54) is 17.0 Å². The van der Waals surface area contributed by atoms with E-state index in [9.17, 15) is 13.6 Å². The highest BCUT2D eigenvalue weighted by Crippen LogP contribution is 2.17. The molecule has 0 spiro atoms. The average molecular weight is 276 g/mol. The summed E-state index contributed by atoms with van der Waals surface area (Å²) >= 11 is 0. The van der Waals surface area contributed by atoms with E-state index >= 15 is 0 Å². The Labute approximate surface area is 115 Å². The molecular formula is C15H14F2N2O. The molecule has 0 heterocycles. The Balaban J connectivity index is 2.15. The molecule has 1 amide bonds. The first kappa shape index (κ1) is 14.0. The standard InChI is InChI=1S/C15H14F2N2O/c1-19(12-7-5-11(18)6-8-12)14(20)9-10-3-2-4-13(16)15(10)17/h2-8H,9,18H2,1H3. The number of anilines is 2. The predicted octanol–water partition coefficient (Wildman–Crippen LogP) is 2.75. The third-order valence-electron chi connectivity index (χ3n) is 3.03. The molecule has 104 valence electrons. The molecule has 0 fully saturated rings. The van der Waals surface area contributed by atoms with E-state index in [1.807, 2.05) is 0 Å². The van der Waals surface area contributed by atoms with Gasteiger partial charge in [0, 0.05) is 24.0 Å². The smallest absolute Gasteiger partial charge is 0.231 e. The summed E-state index contributed by atoms with van der Waals surface area (Å²) in [5.41, 5.74) is 6.84. The van der Waals surface area contributed by atoms with Gasteiger partial charge < -0.3 is 10.6 Å². The van der Waals surface area contributed by atoms with Crippen molar-refractivity contribution in [3.8, 4) is 0 Å². The van der Waals surface area contributed by atoms with Crippen LogP contribution in [0.15, 0.2) is 42.5 Å². The minimum absolute atomic E-state index is 0.0392. The Morgan fingerprint density at radius 2 is 1.80 bits per heavy atom. The normalized spacial score (nSPS) is 10.3. The van der Waals surface area contributed by atoms with Crippen LogP contribution < -0.4 is 10.6 Å². The maximum atomic E-state index is 13.5. The lowest BCUT2D eigenvalue weighted by Crippen LogP contribution is -2.28. The lowest BCUT2D eigenvalue weighted by molar-refractivity contribution is -0.117. The zero-order valence-corrected chi connectivity index (χ0v) is 10.9. The van der Waals surface area contributed by atoms with Crippen molar-refractivity contribution in [1.29, 1.82) is 0 Å². The van der Waals surface area contributed by atoms with E-state index < -0.39 is 11.6 Å². The van der Waals surface area contributed by atoms with Crippen LogP contribution in [-0.4, -0.2) is 13.0 Å². The number of rotatable bonds is 3. The molecule has 0 atom stereocenters. The second-order valence-electron chi connectivity index (χ2n) is 4.43. The highest BCUT2D eigenvalue weighted by atomic mass is 19.2. The first-order valence-corrected chi connectivity index (χ1v) is 6.04. The third-order valence-corrected chi connectivity index (χ3v) is 3.03. The molecule has 0 unspecified atom stereocenters. The van der Waals surface area contributed by atoms with Gasteiger partial charge in [-0.15, -0.1) is 0 Å². The number of carbonyl (C=O) groups excluding carboxylic acids is 1. The van der Waals surface area contributed by atoms with Crippen LogP contribution in [0.2, 0.25) is 0 Å². The number of hydrogen-bond donors (Lipinski definition) is 1. The summed E-state index contributed by atoms with van der Waals surface area (Å²) in [4.78, 5) is 13.4. The molecule has 3 nitrogen and oxygen atoms in total. The largest absolute Gasteiger partial charge is 0.399 e. The first-order valence-electron chi connectivity index (χ1n) is 6.04. The van der Waals surface area contributed by atoms with E-state index in [0.717, 1.165) is 6.07 Å². The number of nitrogens with zero attached hydrogens (tertiary/aromatic N) is 1. The van der Waals surface area contributed by atoms with Crippen molar-refractivity contribution in [1.82, 2.24) is 0 Å². The van der Waals surface area contributed by atoms with Crippen molar-refractivity contribution in [2.24, 2.45) is 0 Å². The van der Waals surface area contributed by atoms with Crippen molar-refractivity contribution in [3.63, 3.8) is 0 Å². The van der Waals surface area contributed by atoms with E-state index in [4.69, 9.17) is 5.73 Å². The number of amides is 1. The molecule has 0 radical (unpaired) electrons. The molecule has 0 saturated heterocycles. The van der Waals surface area contributed by atoms with Gasteiger partial charge >= 0.3 is 0 Å². The van der Waals surface area contributed by atoms with Crippen LogP contribution in [0.5, 0.6) is 0 Å². The number of halogens is 2. The fourth-order valence-electron chi connectivity index (χ4n) is 1.81. The Morgan fingerprint density at radius 1 is 1.15 bits per heavy atom. The van der Waals surface area contributed by atoms with Crippen LogP contribution in [0.25, 0.3) is 0 Å². The molecule has 0 aromatic heterocycles. The molecule has 0 aliphatic carbocycles. The van der Waals surface area contributed by atoms with Gasteiger partial charge in [0.25, 0.3) is 0 Å². The molecule has 5 heteroatoms. The van der Waals surface area contributed by atoms with Gasteiger partial charge in [-0.2, -0.15) is 0 Å². The third kappa shape index (κ3) is 2.93. The van der Waals surface area contributed by atoms with Crippen LogP contribution in [0.1, 0.15) is 5.56 Å². The zero-order valence-electron chi connectivity index (χ0n) is 10.9. The first-order chi connectivity index (χ1) is 9.49. The number of likely N-dealkylation sites (N-methyl/N-ethyl adjacent to an activating group) is 1. The van der Waals surface area contributed by atoms with Crippen LogP contribution in [0.3, 0.4) is 0 Å². The van der Waals surface area contributed by atoms with Crippen LogP contribution >= 0.6 is 0 Å². The molecule has 0 aliphatic rings. The quantitative estimate of drug-likeness (QED) is 0.876. The topological polar surface area (TPSA) is 46.3 Å². The van der Waals surface area contributed by atoms with E-state index in [2.05, 4.69) is 0 Å². The average Bonchev–Trinajstić information content (AvgIpc) is 2.44. The number of benzene rings is 2. The number of hydrogen-bond acceptors (Lipinski definition) is 2. The van der Waals surface area contributed by atoms with Gasteiger partial charge in [0.1, 0.15) is 0 Å². The van der Waals surface area contributed by atoms with Crippen molar-refractivity contribution in [2.45, 2.75) is 6.42 Å². The molecule has 20 heavy (non-hydrogen) atoms. The molecule has 0 aliphatic heterocycles. The SMILES string of the molecule is CN(C(=O)Cc1cccc(F)c1F)c1ccc(N)cc1. The summed E-state index contributed by atoms with van der Waals surface area (Å²) in [5, 5.41) is 0. The maximum absolute atomic E-state index is 13.5. The predicted molar refractivity (Wildman–Crippen MR) is 74.3 cm³/mol. The molecule has 2 aromatic rings. The maximum Gasteiger partial charge on any atom is 0.231 e. The Hall–Kier alpha value is -2.43. The van der Waals surface area contributed by atoms with Gasteiger partial charge in [-0.25, -0.2) is 8.78 Å². The molecule has 2 N–H and O–H groups in total. The van der Waals surface area contributed by atoms with Crippen molar-refractivity contribution in [2.75, 3.05) is 17.7 Å². The van der Waals surface area contributed by atoms with E-state index in [0.29, 0.717) is 11.4 Å². The second-order valence-corrected chi connectivity index (χ2v) is 4.43. The molecule has 2 rings (SSSR count). The highest BCUT2D eigenvalue weighted by molar-refractivity contribution is 5.94. The van der Waals surface area contributed by atoms with Gasteiger partial charge in [0.05, 0.1) is 6.42 Å². The van der Waals surface area contributed by atoms with E-state index in [1.54, 1.807) is 31.3 Å². The number of carbonyl (C=O) groups is 1. The summed E-state index contributed by atoms with van der Waals surface area (Å²) in [6, 6.07) is 10.5. The monoisotopic (exact) mass is 276 g/mol. The molecule has 2 aromatic carbocycles. The Kier molecular flexibility index (Phi) is 3.98. The van der Waals surface area contributed by atoms with Gasteiger partial charge in [0.15, 0.2) is 11.6 Å². The van der Waals surface area contributed by atoms with Crippen LogP contribution in [-0.2, 0) is 11.2 Å². The lowest BCUT2D eigenvalue weighted by Gasteiger charge is -2.17. The fraction of sp³-hybridized carbons (Fsp3) is 0.133. The summed E-state index contributed by atoms with van der Waals surface area (Å²) in [6.07, 6.45) is -0.204. The van der Waals surface area contributed by atoms with Gasteiger partial charge in [-0.3, -0.25) is 4.79 Å². The van der Waals surface area contributed by atoms with Crippen LogP contribution in [0.4, 0.5) is 20.2 Å². The summed E-state index contributed by atoms with van der Waals surface area (Å²) < 4.78 is 26.6. The number of nitrogens with two attached hydrogens (primary N) is 1. The summed E-state index contributed by atoms with van der Waals surface area (Å²) in [7, 11) is 1.57. The molecule has 0 saturated carbocycles. The molecule has 0 bridgehead atoms. The van der Waals surface area contributed by atoms with Gasteiger partial charge in [-0.1, -0.05) is 12.1 Å². The molecular weight excluding hydrogens is 262 g/mol.